The first-order valence-corrected chi connectivity index (χ1v) is 13.3. The molecule has 0 saturated carbocycles. The Morgan fingerprint density at radius 3 is 0.578 bits per heavy atom. The third-order valence-electron chi connectivity index (χ3n) is 4.70. The Morgan fingerprint density at radius 2 is 0.511 bits per heavy atom. The maximum Gasteiger partial charge on any atom is 1.00 e. The van der Waals surface area contributed by atoms with Gasteiger partial charge >= 0.3 is 94.3 Å². The smallest absolute Gasteiger partial charge is 0.400 e. The molecule has 0 saturated heterocycles. The van der Waals surface area contributed by atoms with Crippen molar-refractivity contribution in [1.82, 2.24) is 0 Å². The first kappa shape index (κ1) is 56.4. The molecule has 0 spiro atoms. The van der Waals surface area contributed by atoms with E-state index in [1.54, 1.807) is 0 Å². The molecule has 0 fully saturated rings. The molecule has 0 bridgehead atoms. The molecule has 0 aromatic heterocycles. The topological polar surface area (TPSA) is 13.0 Å². The average molecular weight is 573 g/mol. The number of anilines is 4. The zero-order valence-corrected chi connectivity index (χ0v) is 31.5. The Hall–Kier alpha value is -0.933. The minimum atomic E-state index is 0. The van der Waals surface area contributed by atoms with Crippen molar-refractivity contribution in [3.05, 3.63) is 127 Å². The molecular weight excluding hydrogens is 523 g/mol. The van der Waals surface area contributed by atoms with E-state index in [0.29, 0.717) is 0 Å². The molecule has 0 atom stereocenters. The van der Waals surface area contributed by atoms with Crippen molar-refractivity contribution < 1.29 is 94.3 Å². The Balaban J connectivity index is -0.000000105. The summed E-state index contributed by atoms with van der Waals surface area (Å²) in [5, 5.41) is 0. The van der Waals surface area contributed by atoms with Crippen molar-refractivity contribution in [2.24, 2.45) is 0 Å². The van der Waals surface area contributed by atoms with Crippen LogP contribution in [0.5, 0.6) is 0 Å². The van der Waals surface area contributed by atoms with Crippen molar-refractivity contribution in [2.75, 3.05) is 76.0 Å². The van der Waals surface area contributed by atoms with Gasteiger partial charge in [0.25, 0.3) is 0 Å². The fourth-order valence-electron chi connectivity index (χ4n) is 2.65. The summed E-state index contributed by atoms with van der Waals surface area (Å²) in [6.07, 6.45) is 0. The number of rotatable bonds is 4. The van der Waals surface area contributed by atoms with Crippen molar-refractivity contribution in [3.63, 3.8) is 0 Å². The second-order valence-electron chi connectivity index (χ2n) is 10.1. The van der Waals surface area contributed by atoms with E-state index in [0.717, 1.165) is 22.7 Å². The number of hydrogen-bond acceptors (Lipinski definition) is 4. The van der Waals surface area contributed by atoms with E-state index in [1.807, 2.05) is 173 Å². The van der Waals surface area contributed by atoms with Gasteiger partial charge < -0.3 is 25.5 Å². The van der Waals surface area contributed by atoms with Gasteiger partial charge in [0, 0.05) is 56.4 Å². The van der Waals surface area contributed by atoms with E-state index in [-0.39, 0.29) is 94.3 Å². The third kappa shape index (κ3) is 32.8. The van der Waals surface area contributed by atoms with E-state index in [9.17, 15) is 0 Å². The van der Waals surface area contributed by atoms with Crippen LogP contribution >= 0.6 is 0 Å². The molecule has 0 N–H and O–H groups in total. The largest absolute Gasteiger partial charge is 1.00 e. The monoisotopic (exact) mass is 572 g/mol. The van der Waals surface area contributed by atoms with Gasteiger partial charge in [0.1, 0.15) is 0 Å². The van der Waals surface area contributed by atoms with Crippen molar-refractivity contribution in [1.29, 1.82) is 0 Å². The van der Waals surface area contributed by atoms with Crippen LogP contribution in [0.2, 0.25) is 0 Å². The normalized spacial score (nSPS) is 8.09. The Kier molecular flexibility index (Phi) is 45.0. The number of hydrogen-bond donors (Lipinski definition) is 0. The summed E-state index contributed by atoms with van der Waals surface area (Å²) in [5.74, 6) is 1.42. The maximum atomic E-state index is 3.09. The van der Waals surface area contributed by atoms with Crippen LogP contribution < -0.4 is 114 Å². The number of benzene rings is 4. The van der Waals surface area contributed by atoms with Crippen LogP contribution in [-0.2, 0) is 0 Å². The third-order valence-corrected chi connectivity index (χ3v) is 4.70. The molecule has 4 aromatic carbocycles. The maximum absolute atomic E-state index is 3.09. The van der Waals surface area contributed by atoms with Gasteiger partial charge in [0.2, 0.25) is 0 Å². The average Bonchev–Trinajstić information content (AvgIpc) is 2.95. The van der Waals surface area contributed by atoms with E-state index >= 15 is 0 Å². The van der Waals surface area contributed by atoms with Crippen LogP contribution in [0.25, 0.3) is 0 Å². The quantitative estimate of drug-likeness (QED) is 0.178. The minimum Gasteiger partial charge on any atom is -0.400 e. The van der Waals surface area contributed by atoms with Crippen LogP contribution in [0.1, 0.15) is 20.8 Å². The molecule has 0 aliphatic heterocycles. The number of para-hydroxylation sites is 4. The molecule has 4 nitrogen and oxygen atoms in total. The summed E-state index contributed by atoms with van der Waals surface area (Å²) in [4.78, 5) is 8.11. The summed E-state index contributed by atoms with van der Waals surface area (Å²) < 4.78 is 0. The van der Waals surface area contributed by atoms with Crippen LogP contribution in [-0.4, -0.2) is 56.4 Å². The van der Waals surface area contributed by atoms with Crippen LogP contribution in [0.4, 0.5) is 22.7 Å². The molecule has 0 aliphatic rings. The summed E-state index contributed by atoms with van der Waals surface area (Å²) in [7, 11) is 16.0. The molecule has 4 aromatic rings. The molecule has 0 heterocycles. The SMILES string of the molecule is CN(C)c1[c-]cccc1.CN(C)c1[c-]cccc1.CN(C)c1[c-]cccc1.CN(C)c1[c-]cccc1.C[C-](C)C.[Li+].[Li+].[Li+].[Li+].[Li+]. The summed E-state index contributed by atoms with van der Waals surface area (Å²) >= 11 is 0. The summed E-state index contributed by atoms with van der Waals surface area (Å²) in [6, 6.07) is 44.0. The molecular formula is C36H49Li5N4. The number of nitrogens with zero attached hydrogens (tertiary/aromatic N) is 4. The Labute approximate surface area is 338 Å². The molecule has 218 valence electrons. The second-order valence-corrected chi connectivity index (χ2v) is 10.1. The van der Waals surface area contributed by atoms with Gasteiger partial charge in [-0.25, -0.2) is 0 Å². The minimum absolute atomic E-state index is 0. The van der Waals surface area contributed by atoms with E-state index < -0.39 is 0 Å². The predicted molar refractivity (Wildman–Crippen MR) is 179 cm³/mol. The fourth-order valence-corrected chi connectivity index (χ4v) is 2.65. The molecule has 0 radical (unpaired) electrons. The zero-order valence-electron chi connectivity index (χ0n) is 31.5. The van der Waals surface area contributed by atoms with E-state index in [4.69, 9.17) is 0 Å². The Morgan fingerprint density at radius 1 is 0.356 bits per heavy atom. The van der Waals surface area contributed by atoms with Gasteiger partial charge in [0.15, 0.2) is 0 Å². The van der Waals surface area contributed by atoms with Crippen LogP contribution in [0, 0.1) is 30.2 Å². The fraction of sp³-hybridized carbons (Fsp3) is 0.306. The van der Waals surface area contributed by atoms with Gasteiger partial charge in [-0.05, 0) is 0 Å². The van der Waals surface area contributed by atoms with Gasteiger partial charge in [-0.2, -0.15) is 118 Å². The van der Waals surface area contributed by atoms with Gasteiger partial charge in [0.05, 0.1) is 0 Å². The van der Waals surface area contributed by atoms with Gasteiger partial charge in [-0.3, -0.25) is 0 Å². The van der Waals surface area contributed by atoms with E-state index in [2.05, 4.69) is 45.0 Å². The van der Waals surface area contributed by atoms with Crippen LogP contribution in [0.15, 0.2) is 97.1 Å². The van der Waals surface area contributed by atoms with Gasteiger partial charge in [-0.1, -0.05) is 22.7 Å². The Bertz CT molecular complexity index is 909. The zero-order chi connectivity index (χ0) is 30.3. The molecule has 45 heavy (non-hydrogen) atoms. The first-order chi connectivity index (χ1) is 19.0. The second kappa shape index (κ2) is 35.9. The predicted octanol–water partition coefficient (Wildman–Crippen LogP) is -7.15. The van der Waals surface area contributed by atoms with Gasteiger partial charge in [-0.15, -0.1) is 24.3 Å². The molecule has 0 aliphatic carbocycles. The molecule has 0 unspecified atom stereocenters. The van der Waals surface area contributed by atoms with E-state index in [1.165, 1.54) is 5.92 Å². The van der Waals surface area contributed by atoms with Crippen LogP contribution in [0.3, 0.4) is 0 Å². The standard InChI is InChI=1S/4C8H10N.C4H9.5Li/c4*1-9(2)8-6-4-3-5-7-8;1-4(2)3;;;;;/h4*3-6H,1-2H3;1-3H3;;;;;/q5*-1;5*+1. The molecule has 4 rings (SSSR count). The first-order valence-electron chi connectivity index (χ1n) is 13.3. The molecule has 0 amide bonds. The van der Waals surface area contributed by atoms with Crippen molar-refractivity contribution in [3.8, 4) is 0 Å². The summed E-state index contributed by atoms with van der Waals surface area (Å²) in [6.45, 7) is 6.25. The van der Waals surface area contributed by atoms with Crippen molar-refractivity contribution in [2.45, 2.75) is 20.8 Å². The van der Waals surface area contributed by atoms with Crippen molar-refractivity contribution >= 4 is 22.7 Å². The summed E-state index contributed by atoms with van der Waals surface area (Å²) in [5.41, 5.74) is 4.49. The molecule has 9 heteroatoms.